The third-order valence-corrected chi connectivity index (χ3v) is 3.10. The molecular weight excluding hydrogens is 252 g/mol. The SMILES string of the molecule is CC(Nc1ccc(CC#N)cc1)c1cc(O)ccc1O. The zero-order chi connectivity index (χ0) is 14.5. The molecule has 0 heterocycles. The van der Waals surface area contributed by atoms with Gasteiger partial charge in [-0.15, -0.1) is 0 Å². The number of rotatable bonds is 4. The zero-order valence-electron chi connectivity index (χ0n) is 11.2. The van der Waals surface area contributed by atoms with E-state index in [2.05, 4.69) is 11.4 Å². The maximum absolute atomic E-state index is 9.81. The van der Waals surface area contributed by atoms with Gasteiger partial charge >= 0.3 is 0 Å². The fourth-order valence-electron chi connectivity index (χ4n) is 2.03. The zero-order valence-corrected chi connectivity index (χ0v) is 11.2. The summed E-state index contributed by atoms with van der Waals surface area (Å²) < 4.78 is 0. The van der Waals surface area contributed by atoms with E-state index in [1.54, 1.807) is 0 Å². The Morgan fingerprint density at radius 1 is 1.15 bits per heavy atom. The average molecular weight is 268 g/mol. The van der Waals surface area contributed by atoms with Gasteiger partial charge in [0.25, 0.3) is 0 Å². The number of nitriles is 1. The van der Waals surface area contributed by atoms with Crippen LogP contribution in [0.5, 0.6) is 11.5 Å². The molecule has 2 aromatic carbocycles. The largest absolute Gasteiger partial charge is 0.508 e. The molecule has 0 bridgehead atoms. The Balaban J connectivity index is 2.13. The summed E-state index contributed by atoms with van der Waals surface area (Å²) in [5, 5.41) is 31.2. The van der Waals surface area contributed by atoms with Gasteiger partial charge in [-0.25, -0.2) is 0 Å². The first-order valence-electron chi connectivity index (χ1n) is 6.34. The van der Waals surface area contributed by atoms with Crippen LogP contribution in [0.1, 0.15) is 24.1 Å². The van der Waals surface area contributed by atoms with Crippen LogP contribution in [0.15, 0.2) is 42.5 Å². The van der Waals surface area contributed by atoms with Gasteiger partial charge in [0, 0.05) is 11.3 Å². The van der Waals surface area contributed by atoms with Crippen molar-refractivity contribution in [2.75, 3.05) is 5.32 Å². The second kappa shape index (κ2) is 5.98. The standard InChI is InChI=1S/C16H16N2O2/c1-11(15-10-14(19)6-7-16(15)20)18-13-4-2-12(3-5-13)8-9-17/h2-7,10-11,18-20H,8H2,1H3. The van der Waals surface area contributed by atoms with Gasteiger partial charge in [-0.05, 0) is 42.8 Å². The molecule has 20 heavy (non-hydrogen) atoms. The summed E-state index contributed by atoms with van der Waals surface area (Å²) in [5.41, 5.74) is 2.49. The monoisotopic (exact) mass is 268 g/mol. The number of aromatic hydroxyl groups is 2. The Hall–Kier alpha value is -2.67. The number of phenols is 2. The number of hydrogen-bond acceptors (Lipinski definition) is 4. The van der Waals surface area contributed by atoms with Gasteiger partial charge in [-0.2, -0.15) is 5.26 Å². The first-order valence-corrected chi connectivity index (χ1v) is 6.34. The third kappa shape index (κ3) is 3.21. The predicted octanol–water partition coefficient (Wildman–Crippen LogP) is 3.34. The van der Waals surface area contributed by atoms with Crippen molar-refractivity contribution >= 4 is 5.69 Å². The summed E-state index contributed by atoms with van der Waals surface area (Å²) in [5.74, 6) is 0.264. The highest BCUT2D eigenvalue weighted by atomic mass is 16.3. The van der Waals surface area contributed by atoms with Gasteiger partial charge in [0.2, 0.25) is 0 Å². The van der Waals surface area contributed by atoms with Crippen molar-refractivity contribution in [1.29, 1.82) is 5.26 Å². The van der Waals surface area contributed by atoms with E-state index in [-0.39, 0.29) is 17.5 Å². The molecule has 2 aromatic rings. The van der Waals surface area contributed by atoms with Crippen molar-refractivity contribution in [2.45, 2.75) is 19.4 Å². The molecule has 0 amide bonds. The maximum atomic E-state index is 9.81. The summed E-state index contributed by atoms with van der Waals surface area (Å²) in [6, 6.07) is 14.0. The summed E-state index contributed by atoms with van der Waals surface area (Å²) in [4.78, 5) is 0. The normalized spacial score (nSPS) is 11.6. The Morgan fingerprint density at radius 3 is 2.50 bits per heavy atom. The summed E-state index contributed by atoms with van der Waals surface area (Å²) >= 11 is 0. The molecule has 1 atom stereocenters. The number of nitrogens with one attached hydrogen (secondary N) is 1. The predicted molar refractivity (Wildman–Crippen MR) is 77.6 cm³/mol. The van der Waals surface area contributed by atoms with Gasteiger partial charge in [-0.3, -0.25) is 0 Å². The van der Waals surface area contributed by atoms with E-state index in [4.69, 9.17) is 5.26 Å². The fraction of sp³-hybridized carbons (Fsp3) is 0.188. The Labute approximate surface area is 117 Å². The van der Waals surface area contributed by atoms with Crippen LogP contribution < -0.4 is 5.32 Å². The van der Waals surface area contributed by atoms with Crippen molar-refractivity contribution in [3.05, 3.63) is 53.6 Å². The van der Waals surface area contributed by atoms with Crippen molar-refractivity contribution in [3.63, 3.8) is 0 Å². The van der Waals surface area contributed by atoms with Gasteiger partial charge in [0.1, 0.15) is 11.5 Å². The molecule has 2 rings (SSSR count). The van der Waals surface area contributed by atoms with Gasteiger partial charge in [0.05, 0.1) is 18.5 Å². The second-order valence-corrected chi connectivity index (χ2v) is 4.64. The van der Waals surface area contributed by atoms with Gasteiger partial charge in [-0.1, -0.05) is 12.1 Å². The van der Waals surface area contributed by atoms with Crippen molar-refractivity contribution < 1.29 is 10.2 Å². The summed E-state index contributed by atoms with van der Waals surface area (Å²) in [6.07, 6.45) is 0.392. The number of phenolic OH excluding ortho intramolecular Hbond substituents is 2. The van der Waals surface area contributed by atoms with Crippen LogP contribution in [0.25, 0.3) is 0 Å². The Morgan fingerprint density at radius 2 is 1.85 bits per heavy atom. The van der Waals surface area contributed by atoms with E-state index in [1.165, 1.54) is 18.2 Å². The first kappa shape index (κ1) is 13.8. The topological polar surface area (TPSA) is 76.3 Å². The van der Waals surface area contributed by atoms with Crippen molar-refractivity contribution in [1.82, 2.24) is 0 Å². The molecule has 4 nitrogen and oxygen atoms in total. The maximum Gasteiger partial charge on any atom is 0.121 e. The molecule has 0 radical (unpaired) electrons. The van der Waals surface area contributed by atoms with E-state index in [9.17, 15) is 10.2 Å². The second-order valence-electron chi connectivity index (χ2n) is 4.64. The van der Waals surface area contributed by atoms with Crippen LogP contribution in [0.3, 0.4) is 0 Å². The lowest BCUT2D eigenvalue weighted by atomic mass is 10.1. The molecule has 0 aliphatic carbocycles. The molecule has 0 aliphatic rings. The lowest BCUT2D eigenvalue weighted by molar-refractivity contribution is 0.451. The molecular formula is C16H16N2O2. The molecule has 0 saturated carbocycles. The van der Waals surface area contributed by atoms with Crippen LogP contribution in [0, 0.1) is 11.3 Å². The molecule has 0 fully saturated rings. The van der Waals surface area contributed by atoms with Gasteiger partial charge in [0.15, 0.2) is 0 Å². The van der Waals surface area contributed by atoms with E-state index >= 15 is 0 Å². The van der Waals surface area contributed by atoms with Crippen molar-refractivity contribution in [3.8, 4) is 17.6 Å². The van der Waals surface area contributed by atoms with Crippen LogP contribution in [0.4, 0.5) is 5.69 Å². The summed E-state index contributed by atoms with van der Waals surface area (Å²) in [7, 11) is 0. The first-order chi connectivity index (χ1) is 9.60. The molecule has 102 valence electrons. The molecule has 0 spiro atoms. The lowest BCUT2D eigenvalue weighted by Crippen LogP contribution is -2.06. The lowest BCUT2D eigenvalue weighted by Gasteiger charge is -2.17. The van der Waals surface area contributed by atoms with E-state index < -0.39 is 0 Å². The van der Waals surface area contributed by atoms with Crippen molar-refractivity contribution in [2.24, 2.45) is 0 Å². The highest BCUT2D eigenvalue weighted by Crippen LogP contribution is 2.30. The minimum atomic E-state index is -0.149. The fourth-order valence-corrected chi connectivity index (χ4v) is 2.03. The van der Waals surface area contributed by atoms with Crippen LogP contribution in [-0.2, 0) is 6.42 Å². The molecule has 1 unspecified atom stereocenters. The van der Waals surface area contributed by atoms with E-state index in [0.29, 0.717) is 12.0 Å². The highest BCUT2D eigenvalue weighted by molar-refractivity contribution is 5.49. The van der Waals surface area contributed by atoms with E-state index in [0.717, 1.165) is 11.3 Å². The van der Waals surface area contributed by atoms with Crippen LogP contribution in [-0.4, -0.2) is 10.2 Å². The van der Waals surface area contributed by atoms with E-state index in [1.807, 2.05) is 31.2 Å². The molecule has 0 aromatic heterocycles. The number of nitrogens with zero attached hydrogens (tertiary/aromatic N) is 1. The third-order valence-electron chi connectivity index (χ3n) is 3.10. The molecule has 3 N–H and O–H groups in total. The van der Waals surface area contributed by atoms with Crippen LogP contribution >= 0.6 is 0 Å². The number of anilines is 1. The minimum Gasteiger partial charge on any atom is -0.508 e. The number of hydrogen-bond donors (Lipinski definition) is 3. The minimum absolute atomic E-state index is 0.121. The quantitative estimate of drug-likeness (QED) is 0.743. The highest BCUT2D eigenvalue weighted by Gasteiger charge is 2.11. The van der Waals surface area contributed by atoms with Gasteiger partial charge < -0.3 is 15.5 Å². The summed E-state index contributed by atoms with van der Waals surface area (Å²) in [6.45, 7) is 1.90. The molecule has 4 heteroatoms. The molecule has 0 saturated heterocycles. The number of benzene rings is 2. The van der Waals surface area contributed by atoms with Crippen LogP contribution in [0.2, 0.25) is 0 Å². The Bertz CT molecular complexity index is 630. The smallest absolute Gasteiger partial charge is 0.121 e. The molecule has 0 aliphatic heterocycles. The Kier molecular flexibility index (Phi) is 4.11. The average Bonchev–Trinajstić information content (AvgIpc) is 2.44.